The summed E-state index contributed by atoms with van der Waals surface area (Å²) in [5.41, 5.74) is 2.13. The predicted octanol–water partition coefficient (Wildman–Crippen LogP) is 5.48. The summed E-state index contributed by atoms with van der Waals surface area (Å²) in [6.07, 6.45) is 1.55. The Hall–Kier alpha value is -4.17. The fourth-order valence-electron chi connectivity index (χ4n) is 3.21. The number of carbonyl (C=O) groups excluding carboxylic acids is 1. The van der Waals surface area contributed by atoms with E-state index in [9.17, 15) is 4.79 Å². The fraction of sp³-hybridized carbons (Fsp3) is 0.0800. The number of carbonyl (C=O) groups is 1. The SMILES string of the molecule is O=C(c1cccs1)n1nc(-c2ccco2)nc1NCc1ccc(OCc2ccccc2)cc1. The summed E-state index contributed by atoms with van der Waals surface area (Å²) in [4.78, 5) is 18.0. The summed E-state index contributed by atoms with van der Waals surface area (Å²) in [6.45, 7) is 0.981. The lowest BCUT2D eigenvalue weighted by atomic mass is 10.2. The van der Waals surface area contributed by atoms with E-state index in [0.29, 0.717) is 35.6 Å². The van der Waals surface area contributed by atoms with Gasteiger partial charge in [-0.3, -0.25) is 4.79 Å². The van der Waals surface area contributed by atoms with E-state index in [-0.39, 0.29) is 5.91 Å². The van der Waals surface area contributed by atoms with Crippen molar-refractivity contribution >= 4 is 23.2 Å². The summed E-state index contributed by atoms with van der Waals surface area (Å²) in [5, 5.41) is 9.45. The highest BCUT2D eigenvalue weighted by molar-refractivity contribution is 7.12. The third kappa shape index (κ3) is 4.86. The Bertz CT molecular complexity index is 1310. The van der Waals surface area contributed by atoms with E-state index in [4.69, 9.17) is 9.15 Å². The number of benzene rings is 2. The smallest absolute Gasteiger partial charge is 0.291 e. The van der Waals surface area contributed by atoms with Gasteiger partial charge in [0.15, 0.2) is 5.76 Å². The number of anilines is 1. The second-order valence-electron chi connectivity index (χ2n) is 7.20. The van der Waals surface area contributed by atoms with E-state index >= 15 is 0 Å². The first kappa shape index (κ1) is 20.7. The lowest BCUT2D eigenvalue weighted by molar-refractivity contribution is 0.0951. The third-order valence-electron chi connectivity index (χ3n) is 4.90. The van der Waals surface area contributed by atoms with Crippen molar-refractivity contribution in [3.63, 3.8) is 0 Å². The van der Waals surface area contributed by atoms with Gasteiger partial charge in [-0.05, 0) is 46.8 Å². The van der Waals surface area contributed by atoms with Crippen LogP contribution in [0.1, 0.15) is 20.8 Å². The van der Waals surface area contributed by atoms with Gasteiger partial charge in [0.2, 0.25) is 11.8 Å². The maximum Gasteiger partial charge on any atom is 0.291 e. The lowest BCUT2D eigenvalue weighted by Gasteiger charge is -2.09. The van der Waals surface area contributed by atoms with Crippen LogP contribution in [0.5, 0.6) is 5.75 Å². The molecule has 2 aromatic carbocycles. The van der Waals surface area contributed by atoms with Gasteiger partial charge in [-0.25, -0.2) is 0 Å². The summed E-state index contributed by atoms with van der Waals surface area (Å²) in [7, 11) is 0. The molecule has 0 atom stereocenters. The number of aromatic nitrogens is 3. The van der Waals surface area contributed by atoms with Crippen molar-refractivity contribution in [2.75, 3.05) is 5.32 Å². The summed E-state index contributed by atoms with van der Waals surface area (Å²) >= 11 is 1.36. The third-order valence-corrected chi connectivity index (χ3v) is 5.75. The molecule has 0 unspecified atom stereocenters. The van der Waals surface area contributed by atoms with Gasteiger partial charge < -0.3 is 14.5 Å². The molecule has 0 aliphatic carbocycles. The zero-order valence-electron chi connectivity index (χ0n) is 17.5. The summed E-state index contributed by atoms with van der Waals surface area (Å²) in [5.74, 6) is 1.73. The molecule has 8 heteroatoms. The molecule has 0 radical (unpaired) electrons. The van der Waals surface area contributed by atoms with Crippen LogP contribution in [-0.2, 0) is 13.2 Å². The van der Waals surface area contributed by atoms with Crippen LogP contribution < -0.4 is 10.1 Å². The van der Waals surface area contributed by atoms with E-state index in [1.165, 1.54) is 16.0 Å². The Morgan fingerprint density at radius 3 is 2.55 bits per heavy atom. The number of rotatable bonds is 8. The van der Waals surface area contributed by atoms with Crippen LogP contribution in [-0.4, -0.2) is 20.7 Å². The maximum atomic E-state index is 12.9. The Labute approximate surface area is 194 Å². The van der Waals surface area contributed by atoms with Crippen molar-refractivity contribution in [1.82, 2.24) is 14.8 Å². The summed E-state index contributed by atoms with van der Waals surface area (Å²) < 4.78 is 12.5. The number of nitrogens with zero attached hydrogens (tertiary/aromatic N) is 3. The van der Waals surface area contributed by atoms with Gasteiger partial charge in [0, 0.05) is 6.54 Å². The van der Waals surface area contributed by atoms with Crippen LogP contribution >= 0.6 is 11.3 Å². The van der Waals surface area contributed by atoms with E-state index in [2.05, 4.69) is 15.4 Å². The number of ether oxygens (including phenoxy) is 1. The molecule has 0 saturated heterocycles. The van der Waals surface area contributed by atoms with E-state index in [1.807, 2.05) is 66.0 Å². The van der Waals surface area contributed by atoms with Crippen LogP contribution in [0.4, 0.5) is 5.95 Å². The Balaban J connectivity index is 1.29. The van der Waals surface area contributed by atoms with Gasteiger partial charge in [-0.1, -0.05) is 48.5 Å². The van der Waals surface area contributed by atoms with Crippen LogP contribution in [0.2, 0.25) is 0 Å². The zero-order valence-corrected chi connectivity index (χ0v) is 18.4. The fourth-order valence-corrected chi connectivity index (χ4v) is 3.86. The molecule has 5 aromatic rings. The average molecular weight is 457 g/mol. The first-order valence-corrected chi connectivity index (χ1v) is 11.2. The van der Waals surface area contributed by atoms with Gasteiger partial charge in [0.1, 0.15) is 12.4 Å². The normalized spacial score (nSPS) is 10.8. The van der Waals surface area contributed by atoms with Crippen LogP contribution in [0, 0.1) is 0 Å². The van der Waals surface area contributed by atoms with Gasteiger partial charge >= 0.3 is 0 Å². The van der Waals surface area contributed by atoms with Crippen molar-refractivity contribution in [2.24, 2.45) is 0 Å². The molecule has 0 bridgehead atoms. The molecule has 33 heavy (non-hydrogen) atoms. The highest BCUT2D eigenvalue weighted by Gasteiger charge is 2.20. The van der Waals surface area contributed by atoms with Crippen molar-refractivity contribution in [1.29, 1.82) is 0 Å². The van der Waals surface area contributed by atoms with Crippen molar-refractivity contribution < 1.29 is 13.9 Å². The van der Waals surface area contributed by atoms with Gasteiger partial charge in [-0.2, -0.15) is 9.67 Å². The largest absolute Gasteiger partial charge is 0.489 e. The molecule has 3 aromatic heterocycles. The molecule has 164 valence electrons. The van der Waals surface area contributed by atoms with Gasteiger partial charge in [0.05, 0.1) is 11.1 Å². The first-order valence-electron chi connectivity index (χ1n) is 10.3. The Morgan fingerprint density at radius 1 is 0.970 bits per heavy atom. The van der Waals surface area contributed by atoms with Crippen molar-refractivity contribution in [3.8, 4) is 17.3 Å². The molecular weight excluding hydrogens is 436 g/mol. The molecule has 7 nitrogen and oxygen atoms in total. The van der Waals surface area contributed by atoms with E-state index in [1.54, 1.807) is 24.5 Å². The van der Waals surface area contributed by atoms with Gasteiger partial charge in [0.25, 0.3) is 5.91 Å². The first-order chi connectivity index (χ1) is 16.3. The van der Waals surface area contributed by atoms with Crippen LogP contribution in [0.3, 0.4) is 0 Å². The molecule has 1 N–H and O–H groups in total. The highest BCUT2D eigenvalue weighted by Crippen LogP contribution is 2.21. The average Bonchev–Trinajstić information content (AvgIpc) is 3.64. The zero-order chi connectivity index (χ0) is 22.5. The predicted molar refractivity (Wildman–Crippen MR) is 126 cm³/mol. The molecule has 0 saturated carbocycles. The number of hydrogen-bond acceptors (Lipinski definition) is 7. The number of hydrogen-bond donors (Lipinski definition) is 1. The molecule has 0 amide bonds. The van der Waals surface area contributed by atoms with E-state index < -0.39 is 0 Å². The van der Waals surface area contributed by atoms with Crippen molar-refractivity contribution in [2.45, 2.75) is 13.2 Å². The number of thiophene rings is 1. The Kier molecular flexibility index (Phi) is 5.99. The van der Waals surface area contributed by atoms with Crippen molar-refractivity contribution in [3.05, 3.63) is 107 Å². The maximum absolute atomic E-state index is 12.9. The molecule has 3 heterocycles. The highest BCUT2D eigenvalue weighted by atomic mass is 32.1. The minimum Gasteiger partial charge on any atom is -0.489 e. The minimum absolute atomic E-state index is 0.248. The molecular formula is C25H20N4O3S. The molecule has 0 fully saturated rings. The Morgan fingerprint density at radius 2 is 1.82 bits per heavy atom. The minimum atomic E-state index is -0.248. The monoisotopic (exact) mass is 456 g/mol. The molecule has 0 spiro atoms. The second-order valence-corrected chi connectivity index (χ2v) is 8.15. The number of nitrogens with one attached hydrogen (secondary N) is 1. The second kappa shape index (κ2) is 9.54. The standard InChI is InChI=1S/C25H20N4O3S/c30-24(22-9-5-15-33-22)29-25(27-23(28-29)21-8-4-14-31-21)26-16-18-10-12-20(13-11-18)32-17-19-6-2-1-3-7-19/h1-15H,16-17H2,(H,26,27,28). The number of furan rings is 1. The lowest BCUT2D eigenvalue weighted by Crippen LogP contribution is -2.16. The quantitative estimate of drug-likeness (QED) is 0.333. The molecule has 0 aliphatic heterocycles. The topological polar surface area (TPSA) is 82.2 Å². The summed E-state index contributed by atoms with van der Waals surface area (Å²) in [6, 6.07) is 24.9. The van der Waals surface area contributed by atoms with E-state index in [0.717, 1.165) is 16.9 Å². The van der Waals surface area contributed by atoms with Crippen LogP contribution in [0.25, 0.3) is 11.6 Å². The van der Waals surface area contributed by atoms with Gasteiger partial charge in [-0.15, -0.1) is 16.4 Å². The molecule has 0 aliphatic rings. The van der Waals surface area contributed by atoms with Crippen LogP contribution in [0.15, 0.2) is 94.9 Å². The molecule has 5 rings (SSSR count).